The Bertz CT molecular complexity index is 639. The van der Waals surface area contributed by atoms with E-state index in [2.05, 4.69) is 43.6 Å². The third-order valence-electron chi connectivity index (χ3n) is 2.91. The molecule has 0 fully saturated rings. The monoisotopic (exact) mass is 353 g/mol. The molecular formula is C14H16BrN3OS. The molecule has 0 unspecified atom stereocenters. The molecular weight excluding hydrogens is 338 g/mol. The number of rotatable bonds is 4. The number of nitrogens with zero attached hydrogens (tertiary/aromatic N) is 1. The first-order valence-electron chi connectivity index (χ1n) is 6.16. The van der Waals surface area contributed by atoms with Crippen molar-refractivity contribution < 1.29 is 4.79 Å². The molecule has 2 N–H and O–H groups in total. The summed E-state index contributed by atoms with van der Waals surface area (Å²) in [5.74, 6) is 1.00. The number of anilines is 1. The van der Waals surface area contributed by atoms with E-state index in [-0.39, 0.29) is 5.91 Å². The minimum absolute atomic E-state index is 0.0395. The Labute approximate surface area is 130 Å². The van der Waals surface area contributed by atoms with E-state index >= 15 is 0 Å². The summed E-state index contributed by atoms with van der Waals surface area (Å²) in [7, 11) is 0. The number of thioether (sulfide) groups is 1. The van der Waals surface area contributed by atoms with E-state index in [4.69, 9.17) is 0 Å². The van der Waals surface area contributed by atoms with Crippen LogP contribution in [0, 0.1) is 20.8 Å². The lowest BCUT2D eigenvalue weighted by Crippen LogP contribution is -2.15. The molecule has 0 spiro atoms. The van der Waals surface area contributed by atoms with Gasteiger partial charge in [-0.2, -0.15) is 5.10 Å². The highest BCUT2D eigenvalue weighted by Crippen LogP contribution is 2.28. The molecule has 1 heterocycles. The van der Waals surface area contributed by atoms with Gasteiger partial charge in [-0.3, -0.25) is 9.89 Å². The second-order valence-electron chi connectivity index (χ2n) is 4.63. The van der Waals surface area contributed by atoms with Crippen LogP contribution in [0.2, 0.25) is 0 Å². The molecule has 1 aromatic heterocycles. The highest BCUT2D eigenvalue weighted by molar-refractivity contribution is 9.10. The number of aromatic nitrogens is 2. The Kier molecular flexibility index (Phi) is 4.88. The number of nitrogens with one attached hydrogen (secondary N) is 2. The van der Waals surface area contributed by atoms with Gasteiger partial charge >= 0.3 is 0 Å². The SMILES string of the molecule is Cc1cc(SCC(=O)Nc2[nH]ncc2C)c(C)cc1Br. The number of carbonyl (C=O) groups is 1. The van der Waals surface area contributed by atoms with E-state index in [1.807, 2.05) is 20.8 Å². The van der Waals surface area contributed by atoms with E-state index < -0.39 is 0 Å². The Balaban J connectivity index is 1.97. The highest BCUT2D eigenvalue weighted by Gasteiger charge is 2.09. The predicted octanol–water partition coefficient (Wildman–Crippen LogP) is 3.83. The number of H-pyrrole nitrogens is 1. The standard InChI is InChI=1S/C14H16BrN3OS/c1-8-5-12(9(2)4-11(8)15)20-7-13(19)17-14-10(3)6-16-18-14/h4-6H,7H2,1-3H3,(H2,16,17,18,19). The van der Waals surface area contributed by atoms with Crippen LogP contribution in [-0.2, 0) is 4.79 Å². The number of benzene rings is 1. The first kappa shape index (κ1) is 15.1. The van der Waals surface area contributed by atoms with Gasteiger partial charge in [0.25, 0.3) is 0 Å². The normalized spacial score (nSPS) is 10.6. The first-order valence-corrected chi connectivity index (χ1v) is 7.94. The quantitative estimate of drug-likeness (QED) is 0.821. The summed E-state index contributed by atoms with van der Waals surface area (Å²) in [6.07, 6.45) is 1.69. The van der Waals surface area contributed by atoms with Crippen molar-refractivity contribution in [3.63, 3.8) is 0 Å². The maximum absolute atomic E-state index is 11.9. The summed E-state index contributed by atoms with van der Waals surface area (Å²) in [5, 5.41) is 9.46. The van der Waals surface area contributed by atoms with Crippen LogP contribution in [-0.4, -0.2) is 21.9 Å². The Morgan fingerprint density at radius 2 is 2.05 bits per heavy atom. The molecule has 2 aromatic rings. The fourth-order valence-corrected chi connectivity index (χ4v) is 3.06. The van der Waals surface area contributed by atoms with Crippen molar-refractivity contribution in [3.05, 3.63) is 39.5 Å². The minimum Gasteiger partial charge on any atom is -0.310 e. The smallest absolute Gasteiger partial charge is 0.235 e. The van der Waals surface area contributed by atoms with Gasteiger partial charge in [0, 0.05) is 14.9 Å². The summed E-state index contributed by atoms with van der Waals surface area (Å²) in [4.78, 5) is 13.0. The van der Waals surface area contributed by atoms with Crippen molar-refractivity contribution in [3.8, 4) is 0 Å². The molecule has 2 rings (SSSR count). The maximum atomic E-state index is 11.9. The lowest BCUT2D eigenvalue weighted by atomic mass is 10.2. The largest absolute Gasteiger partial charge is 0.310 e. The average Bonchev–Trinajstić information content (AvgIpc) is 2.78. The van der Waals surface area contributed by atoms with Gasteiger partial charge in [-0.25, -0.2) is 0 Å². The number of carbonyl (C=O) groups excluding carboxylic acids is 1. The predicted molar refractivity (Wildman–Crippen MR) is 86.3 cm³/mol. The highest BCUT2D eigenvalue weighted by atomic mass is 79.9. The zero-order valence-corrected chi connectivity index (χ0v) is 14.0. The van der Waals surface area contributed by atoms with Crippen molar-refractivity contribution in [2.45, 2.75) is 25.7 Å². The average molecular weight is 354 g/mol. The van der Waals surface area contributed by atoms with E-state index in [0.29, 0.717) is 11.6 Å². The van der Waals surface area contributed by atoms with Gasteiger partial charge < -0.3 is 5.32 Å². The fraction of sp³-hybridized carbons (Fsp3) is 0.286. The first-order chi connectivity index (χ1) is 9.47. The maximum Gasteiger partial charge on any atom is 0.235 e. The van der Waals surface area contributed by atoms with Crippen molar-refractivity contribution in [1.82, 2.24) is 10.2 Å². The van der Waals surface area contributed by atoms with E-state index in [1.165, 1.54) is 17.3 Å². The van der Waals surface area contributed by atoms with Crippen LogP contribution in [0.15, 0.2) is 27.7 Å². The molecule has 0 radical (unpaired) electrons. The van der Waals surface area contributed by atoms with Crippen LogP contribution < -0.4 is 5.32 Å². The van der Waals surface area contributed by atoms with Crippen LogP contribution in [0.4, 0.5) is 5.82 Å². The lowest BCUT2D eigenvalue weighted by molar-refractivity contribution is -0.113. The summed E-state index contributed by atoms with van der Waals surface area (Å²) < 4.78 is 1.09. The zero-order chi connectivity index (χ0) is 14.7. The van der Waals surface area contributed by atoms with Crippen LogP contribution in [0.25, 0.3) is 0 Å². The topological polar surface area (TPSA) is 57.8 Å². The number of halogens is 1. The van der Waals surface area contributed by atoms with Crippen LogP contribution in [0.3, 0.4) is 0 Å². The molecule has 20 heavy (non-hydrogen) atoms. The molecule has 6 heteroatoms. The van der Waals surface area contributed by atoms with Gasteiger partial charge in [-0.15, -0.1) is 11.8 Å². The third kappa shape index (κ3) is 3.64. The minimum atomic E-state index is -0.0395. The molecule has 0 aliphatic rings. The zero-order valence-electron chi connectivity index (χ0n) is 11.6. The number of aromatic amines is 1. The van der Waals surface area contributed by atoms with Crippen LogP contribution >= 0.6 is 27.7 Å². The van der Waals surface area contributed by atoms with E-state index in [1.54, 1.807) is 6.20 Å². The number of hydrogen-bond acceptors (Lipinski definition) is 3. The molecule has 4 nitrogen and oxygen atoms in total. The van der Waals surface area contributed by atoms with Gasteiger partial charge in [0.2, 0.25) is 5.91 Å². The Morgan fingerprint density at radius 3 is 2.70 bits per heavy atom. The molecule has 0 saturated carbocycles. The van der Waals surface area contributed by atoms with E-state index in [9.17, 15) is 4.79 Å². The summed E-state index contributed by atoms with van der Waals surface area (Å²) in [6.45, 7) is 5.99. The third-order valence-corrected chi connectivity index (χ3v) is 4.92. The number of hydrogen-bond donors (Lipinski definition) is 2. The Morgan fingerprint density at radius 1 is 1.30 bits per heavy atom. The van der Waals surface area contributed by atoms with Crippen molar-refractivity contribution in [2.75, 3.05) is 11.1 Å². The molecule has 106 valence electrons. The number of aryl methyl sites for hydroxylation is 3. The lowest BCUT2D eigenvalue weighted by Gasteiger charge is -2.09. The summed E-state index contributed by atoms with van der Waals surface area (Å²) >= 11 is 5.05. The van der Waals surface area contributed by atoms with Crippen LogP contribution in [0.5, 0.6) is 0 Å². The van der Waals surface area contributed by atoms with Gasteiger partial charge in [-0.05, 0) is 44.0 Å². The molecule has 1 aromatic carbocycles. The molecule has 0 saturated heterocycles. The fourth-order valence-electron chi connectivity index (χ4n) is 1.70. The second-order valence-corrected chi connectivity index (χ2v) is 6.50. The summed E-state index contributed by atoms with van der Waals surface area (Å²) in [5.41, 5.74) is 3.26. The number of amides is 1. The van der Waals surface area contributed by atoms with Gasteiger partial charge in [0.05, 0.1) is 11.9 Å². The molecule has 0 bridgehead atoms. The van der Waals surface area contributed by atoms with Crippen molar-refractivity contribution >= 4 is 39.4 Å². The summed E-state index contributed by atoms with van der Waals surface area (Å²) in [6, 6.07) is 4.17. The second kappa shape index (κ2) is 6.45. The Hall–Kier alpha value is -1.27. The van der Waals surface area contributed by atoms with Gasteiger partial charge in [-0.1, -0.05) is 15.9 Å². The molecule has 1 amide bonds. The van der Waals surface area contributed by atoms with Crippen molar-refractivity contribution in [1.29, 1.82) is 0 Å². The van der Waals surface area contributed by atoms with Gasteiger partial charge in [0.1, 0.15) is 5.82 Å². The van der Waals surface area contributed by atoms with E-state index in [0.717, 1.165) is 20.5 Å². The van der Waals surface area contributed by atoms with Crippen molar-refractivity contribution in [2.24, 2.45) is 0 Å². The van der Waals surface area contributed by atoms with Crippen LogP contribution in [0.1, 0.15) is 16.7 Å². The molecule has 0 aliphatic heterocycles. The molecule has 0 aliphatic carbocycles. The molecule has 0 atom stereocenters. The van der Waals surface area contributed by atoms with Gasteiger partial charge in [0.15, 0.2) is 0 Å².